The smallest absolute Gasteiger partial charge is 0.163 e. The molecule has 0 amide bonds. The number of aromatic nitrogens is 2. The molecule has 2 aliphatic carbocycles. The van der Waals surface area contributed by atoms with E-state index in [0.29, 0.717) is 5.38 Å². The summed E-state index contributed by atoms with van der Waals surface area (Å²) < 4.78 is 8.23. The molecule has 2 saturated carbocycles. The fourth-order valence-electron chi connectivity index (χ4n) is 3.78. The van der Waals surface area contributed by atoms with E-state index in [4.69, 9.17) is 16.3 Å². The highest BCUT2D eigenvalue weighted by atomic mass is 35.5. The molecule has 2 atom stereocenters. The van der Waals surface area contributed by atoms with Crippen molar-refractivity contribution in [3.8, 4) is 5.75 Å². The van der Waals surface area contributed by atoms with Crippen molar-refractivity contribution >= 4 is 11.6 Å². The largest absolute Gasteiger partial charge is 0.486 e. The third-order valence-corrected chi connectivity index (χ3v) is 5.79. The second kappa shape index (κ2) is 4.69. The minimum atomic E-state index is 0.231. The Balaban J connectivity index is 1.80. The highest BCUT2D eigenvalue weighted by Crippen LogP contribution is 2.56. The molecule has 4 heteroatoms. The molecule has 0 bridgehead atoms. The SMILES string of the molecule is Cc1nn(C)c(C)c1OC1CC(Cl)C12CCCCC2. The molecule has 1 aromatic rings. The Morgan fingerprint density at radius 3 is 2.47 bits per heavy atom. The van der Waals surface area contributed by atoms with E-state index >= 15 is 0 Å². The van der Waals surface area contributed by atoms with Crippen LogP contribution in [0, 0.1) is 19.3 Å². The van der Waals surface area contributed by atoms with Crippen LogP contribution in [0.1, 0.15) is 49.9 Å². The molecule has 0 radical (unpaired) electrons. The summed E-state index contributed by atoms with van der Waals surface area (Å²) in [6.07, 6.45) is 7.67. The summed E-state index contributed by atoms with van der Waals surface area (Å²) in [5.74, 6) is 0.973. The van der Waals surface area contributed by atoms with Gasteiger partial charge in [0, 0.05) is 24.3 Å². The zero-order valence-electron chi connectivity index (χ0n) is 12.1. The second-order valence-corrected chi connectivity index (χ2v) is 6.75. The molecule has 1 spiro atoms. The van der Waals surface area contributed by atoms with Crippen LogP contribution in [0.5, 0.6) is 5.75 Å². The van der Waals surface area contributed by atoms with E-state index in [2.05, 4.69) is 12.0 Å². The molecule has 0 saturated heterocycles. The predicted octanol–water partition coefficient (Wildman–Crippen LogP) is 3.75. The molecule has 2 aliphatic rings. The molecule has 3 nitrogen and oxygen atoms in total. The summed E-state index contributed by atoms with van der Waals surface area (Å²) >= 11 is 6.53. The van der Waals surface area contributed by atoms with Crippen LogP contribution in [0.3, 0.4) is 0 Å². The number of hydrogen-bond donors (Lipinski definition) is 0. The molecule has 0 N–H and O–H groups in total. The van der Waals surface area contributed by atoms with Crippen LogP contribution in [0.2, 0.25) is 0 Å². The maximum Gasteiger partial charge on any atom is 0.163 e. The standard InChI is InChI=1S/C15H23ClN2O/c1-10-14(11(2)18(3)17-10)19-13-9-12(16)15(13)7-5-4-6-8-15/h12-13H,4-9H2,1-3H3. The summed E-state index contributed by atoms with van der Waals surface area (Å²) in [6, 6.07) is 0. The lowest BCUT2D eigenvalue weighted by atomic mass is 9.58. The van der Waals surface area contributed by atoms with Crippen molar-refractivity contribution < 1.29 is 4.74 Å². The molecule has 2 unspecified atom stereocenters. The molecular weight excluding hydrogens is 260 g/mol. The third-order valence-electron chi connectivity index (χ3n) is 5.17. The number of hydrogen-bond acceptors (Lipinski definition) is 2. The average Bonchev–Trinajstić information content (AvgIpc) is 2.65. The van der Waals surface area contributed by atoms with Crippen molar-refractivity contribution in [1.29, 1.82) is 0 Å². The molecule has 106 valence electrons. The summed E-state index contributed by atoms with van der Waals surface area (Å²) in [4.78, 5) is 0. The minimum Gasteiger partial charge on any atom is -0.486 e. The van der Waals surface area contributed by atoms with E-state index < -0.39 is 0 Å². The van der Waals surface area contributed by atoms with Gasteiger partial charge in [-0.1, -0.05) is 19.3 Å². The number of aryl methyl sites for hydroxylation is 2. The van der Waals surface area contributed by atoms with E-state index in [1.54, 1.807) is 0 Å². The minimum absolute atomic E-state index is 0.231. The van der Waals surface area contributed by atoms with E-state index in [1.807, 2.05) is 18.7 Å². The molecule has 19 heavy (non-hydrogen) atoms. The highest BCUT2D eigenvalue weighted by Gasteiger charge is 2.56. The van der Waals surface area contributed by atoms with Gasteiger partial charge in [-0.3, -0.25) is 4.68 Å². The van der Waals surface area contributed by atoms with Gasteiger partial charge in [-0.25, -0.2) is 0 Å². The highest BCUT2D eigenvalue weighted by molar-refractivity contribution is 6.21. The van der Waals surface area contributed by atoms with Gasteiger partial charge in [0.15, 0.2) is 5.75 Å². The number of nitrogens with zero attached hydrogens (tertiary/aromatic N) is 2. The van der Waals surface area contributed by atoms with Gasteiger partial charge in [-0.05, 0) is 26.7 Å². The first-order chi connectivity index (χ1) is 9.04. The van der Waals surface area contributed by atoms with E-state index in [0.717, 1.165) is 23.6 Å². The molecule has 1 aromatic heterocycles. The Kier molecular flexibility index (Phi) is 3.28. The van der Waals surface area contributed by atoms with Gasteiger partial charge < -0.3 is 4.74 Å². The summed E-state index contributed by atoms with van der Waals surface area (Å²) in [6.45, 7) is 4.09. The van der Waals surface area contributed by atoms with Gasteiger partial charge in [0.2, 0.25) is 0 Å². The monoisotopic (exact) mass is 282 g/mol. The van der Waals surface area contributed by atoms with Crippen LogP contribution >= 0.6 is 11.6 Å². The van der Waals surface area contributed by atoms with Crippen LogP contribution in [0.15, 0.2) is 0 Å². The average molecular weight is 283 g/mol. The Morgan fingerprint density at radius 1 is 1.26 bits per heavy atom. The lowest BCUT2D eigenvalue weighted by Crippen LogP contribution is -2.58. The lowest BCUT2D eigenvalue weighted by Gasteiger charge is -2.55. The zero-order chi connectivity index (χ0) is 13.6. The van der Waals surface area contributed by atoms with Crippen molar-refractivity contribution in [3.63, 3.8) is 0 Å². The first kappa shape index (κ1) is 13.3. The number of ether oxygens (including phenoxy) is 1. The molecule has 1 heterocycles. The summed E-state index contributed by atoms with van der Waals surface area (Å²) in [5, 5.41) is 4.73. The number of halogens is 1. The van der Waals surface area contributed by atoms with Gasteiger partial charge in [0.05, 0.1) is 5.69 Å². The fourth-order valence-corrected chi connectivity index (χ4v) is 4.30. The number of alkyl halides is 1. The van der Waals surface area contributed by atoms with Crippen LogP contribution in [-0.2, 0) is 7.05 Å². The van der Waals surface area contributed by atoms with Crippen molar-refractivity contribution in [2.24, 2.45) is 12.5 Å². The molecule has 0 aromatic carbocycles. The van der Waals surface area contributed by atoms with Crippen molar-refractivity contribution in [2.45, 2.75) is 63.9 Å². The van der Waals surface area contributed by atoms with Crippen LogP contribution in [0.4, 0.5) is 0 Å². The molecule has 2 fully saturated rings. The van der Waals surface area contributed by atoms with Crippen molar-refractivity contribution in [1.82, 2.24) is 9.78 Å². The quantitative estimate of drug-likeness (QED) is 0.773. The van der Waals surface area contributed by atoms with Crippen LogP contribution in [-0.4, -0.2) is 21.3 Å². The normalized spacial score (nSPS) is 29.3. The van der Waals surface area contributed by atoms with Crippen LogP contribution < -0.4 is 4.74 Å². The Bertz CT molecular complexity index is 477. The van der Waals surface area contributed by atoms with Gasteiger partial charge in [-0.15, -0.1) is 11.6 Å². The van der Waals surface area contributed by atoms with Gasteiger partial charge in [0.25, 0.3) is 0 Å². The topological polar surface area (TPSA) is 27.1 Å². The molecule has 3 rings (SSSR count). The van der Waals surface area contributed by atoms with E-state index in [9.17, 15) is 0 Å². The summed E-state index contributed by atoms with van der Waals surface area (Å²) in [7, 11) is 1.97. The van der Waals surface area contributed by atoms with Crippen LogP contribution in [0.25, 0.3) is 0 Å². The van der Waals surface area contributed by atoms with E-state index in [-0.39, 0.29) is 11.5 Å². The Morgan fingerprint density at radius 2 is 1.95 bits per heavy atom. The molecular formula is C15H23ClN2O. The Labute approximate surface area is 120 Å². The summed E-state index contributed by atoms with van der Waals surface area (Å²) in [5.41, 5.74) is 2.33. The number of rotatable bonds is 2. The predicted molar refractivity (Wildman–Crippen MR) is 76.9 cm³/mol. The first-order valence-electron chi connectivity index (χ1n) is 7.35. The lowest BCUT2D eigenvalue weighted by molar-refractivity contribution is -0.0656. The van der Waals surface area contributed by atoms with Gasteiger partial charge >= 0.3 is 0 Å². The first-order valence-corrected chi connectivity index (χ1v) is 7.79. The zero-order valence-corrected chi connectivity index (χ0v) is 12.8. The molecule has 0 aliphatic heterocycles. The van der Waals surface area contributed by atoms with Gasteiger partial charge in [0.1, 0.15) is 11.8 Å². The van der Waals surface area contributed by atoms with E-state index in [1.165, 1.54) is 32.1 Å². The maximum absolute atomic E-state index is 6.53. The van der Waals surface area contributed by atoms with Crippen molar-refractivity contribution in [3.05, 3.63) is 11.4 Å². The van der Waals surface area contributed by atoms with Gasteiger partial charge in [-0.2, -0.15) is 5.10 Å². The third kappa shape index (κ3) is 1.97. The fraction of sp³-hybridized carbons (Fsp3) is 0.800. The maximum atomic E-state index is 6.53. The Hall–Kier alpha value is -0.700. The second-order valence-electron chi connectivity index (χ2n) is 6.23. The van der Waals surface area contributed by atoms with Crippen molar-refractivity contribution in [2.75, 3.05) is 0 Å².